The Morgan fingerprint density at radius 3 is 2.63 bits per heavy atom. The molecule has 2 saturated heterocycles. The number of aromatic nitrogens is 4. The minimum absolute atomic E-state index is 0.0782. The highest BCUT2D eigenvalue weighted by Gasteiger charge is 2.34. The number of fused-ring (bicyclic) bond motifs is 3. The molecule has 4 aliphatic rings. The van der Waals surface area contributed by atoms with Gasteiger partial charge in [0.05, 0.1) is 31.1 Å². The van der Waals surface area contributed by atoms with Crippen LogP contribution in [0.3, 0.4) is 0 Å². The molecule has 272 valence electrons. The molecule has 0 radical (unpaired) electrons. The molecular weight excluding hydrogens is 660 g/mol. The molecule has 1 amide bonds. The van der Waals surface area contributed by atoms with Crippen molar-refractivity contribution < 1.29 is 19.1 Å². The van der Waals surface area contributed by atoms with Crippen molar-refractivity contribution in [3.8, 4) is 11.1 Å². The summed E-state index contributed by atoms with van der Waals surface area (Å²) in [6.07, 6.45) is 10.6. The van der Waals surface area contributed by atoms with E-state index in [-0.39, 0.29) is 18.1 Å². The van der Waals surface area contributed by atoms with Crippen molar-refractivity contribution >= 4 is 34.9 Å². The number of hydrogen-bond acceptors (Lipinski definition) is 10. The van der Waals surface area contributed by atoms with Crippen LogP contribution in [0.5, 0.6) is 0 Å². The smallest absolute Gasteiger partial charge is 0.302 e. The predicted octanol–water partition coefficient (Wildman–Crippen LogP) is 4.29. The van der Waals surface area contributed by atoms with Crippen molar-refractivity contribution in [3.05, 3.63) is 81.8 Å². The zero-order chi connectivity index (χ0) is 35.9. The van der Waals surface area contributed by atoms with Gasteiger partial charge in [0.2, 0.25) is 0 Å². The van der Waals surface area contributed by atoms with Gasteiger partial charge in [-0.3, -0.25) is 24.2 Å². The molecule has 7 heterocycles. The fourth-order valence-electron chi connectivity index (χ4n) is 8.19. The van der Waals surface area contributed by atoms with E-state index in [9.17, 15) is 14.4 Å². The van der Waals surface area contributed by atoms with E-state index in [1.54, 1.807) is 30.4 Å². The first-order chi connectivity index (χ1) is 25.3. The topological polar surface area (TPSA) is 127 Å². The summed E-state index contributed by atoms with van der Waals surface area (Å²) >= 11 is 0. The lowest BCUT2D eigenvalue weighted by Gasteiger charge is -2.47. The first-order valence-electron chi connectivity index (χ1n) is 18.5. The number of anilines is 4. The number of carbonyl (C=O) groups is 2. The third kappa shape index (κ3) is 6.36. The predicted molar refractivity (Wildman–Crippen MR) is 198 cm³/mol. The van der Waals surface area contributed by atoms with Crippen LogP contribution in [0.1, 0.15) is 60.4 Å². The van der Waals surface area contributed by atoms with Gasteiger partial charge >= 0.3 is 5.97 Å². The maximum atomic E-state index is 14.0. The summed E-state index contributed by atoms with van der Waals surface area (Å²) in [4.78, 5) is 55.6. The largest absolute Gasteiger partial charge is 0.461 e. The van der Waals surface area contributed by atoms with Crippen LogP contribution in [0.25, 0.3) is 11.1 Å². The molecular formula is C39H46N8O5. The molecule has 52 heavy (non-hydrogen) atoms. The van der Waals surface area contributed by atoms with Crippen molar-refractivity contribution in [2.75, 3.05) is 54.5 Å². The van der Waals surface area contributed by atoms with Gasteiger partial charge < -0.3 is 28.8 Å². The third-order valence-corrected chi connectivity index (χ3v) is 11.1. The van der Waals surface area contributed by atoms with E-state index in [1.165, 1.54) is 22.7 Å². The zero-order valence-electron chi connectivity index (χ0n) is 30.1. The van der Waals surface area contributed by atoms with E-state index in [2.05, 4.69) is 37.7 Å². The molecule has 1 atom stereocenters. The van der Waals surface area contributed by atoms with Crippen LogP contribution in [0.15, 0.2) is 53.7 Å². The van der Waals surface area contributed by atoms with E-state index >= 15 is 0 Å². The van der Waals surface area contributed by atoms with Gasteiger partial charge in [-0.1, -0.05) is 6.92 Å². The van der Waals surface area contributed by atoms with E-state index < -0.39 is 5.97 Å². The normalized spacial score (nSPS) is 19.2. The average molecular weight is 707 g/mol. The Bertz CT molecular complexity index is 2050. The molecule has 3 aliphatic heterocycles. The maximum Gasteiger partial charge on any atom is 0.302 e. The number of nitrogens with zero attached hydrogens (tertiary/aromatic N) is 7. The van der Waals surface area contributed by atoms with Gasteiger partial charge in [0.1, 0.15) is 29.6 Å². The molecule has 1 N–H and O–H groups in total. The summed E-state index contributed by atoms with van der Waals surface area (Å²) in [7, 11) is 1.70. The third-order valence-electron chi connectivity index (χ3n) is 11.1. The molecule has 0 spiro atoms. The molecule has 13 heteroatoms. The first kappa shape index (κ1) is 34.1. The zero-order valence-corrected chi connectivity index (χ0v) is 30.1. The lowest BCUT2D eigenvalue weighted by atomic mass is 9.98. The summed E-state index contributed by atoms with van der Waals surface area (Å²) < 4.78 is 14.7. The molecule has 4 aromatic heterocycles. The number of amides is 1. The second-order valence-corrected chi connectivity index (χ2v) is 14.3. The molecule has 4 aromatic rings. The van der Waals surface area contributed by atoms with Crippen LogP contribution in [0.2, 0.25) is 0 Å². The van der Waals surface area contributed by atoms with Crippen LogP contribution in [-0.4, -0.2) is 87.4 Å². The van der Waals surface area contributed by atoms with E-state index in [0.29, 0.717) is 64.9 Å². The van der Waals surface area contributed by atoms with E-state index in [0.717, 1.165) is 70.6 Å². The monoisotopic (exact) mass is 706 g/mol. The second kappa shape index (κ2) is 14.2. The summed E-state index contributed by atoms with van der Waals surface area (Å²) in [5, 5.41) is 3.25. The van der Waals surface area contributed by atoms with Crippen molar-refractivity contribution in [1.82, 2.24) is 24.0 Å². The number of ether oxygens (including phenoxy) is 2. The molecule has 2 fully saturated rings. The maximum absolute atomic E-state index is 14.0. The number of carbonyl (C=O) groups excluding carboxylic acids is 2. The van der Waals surface area contributed by atoms with Gasteiger partial charge in [0.25, 0.3) is 11.5 Å². The molecule has 8 rings (SSSR count). The molecule has 0 saturated carbocycles. The van der Waals surface area contributed by atoms with Crippen molar-refractivity contribution in [1.29, 1.82) is 0 Å². The minimum Gasteiger partial charge on any atom is -0.461 e. The van der Waals surface area contributed by atoms with Gasteiger partial charge in [0, 0.05) is 82.0 Å². The summed E-state index contributed by atoms with van der Waals surface area (Å²) in [6, 6.07) is 10.5. The Kier molecular flexibility index (Phi) is 9.31. The quantitative estimate of drug-likeness (QED) is 0.252. The van der Waals surface area contributed by atoms with E-state index in [4.69, 9.17) is 14.5 Å². The first-order valence-corrected chi connectivity index (χ1v) is 18.5. The standard InChI is InChI=1S/C39H46N8O5/c1-4-28-21-44(30-22-51-23-30)13-14-45(28)29-9-10-36(41-19-29)42-33-17-27(20-43(3)38(33)49)31-11-12-40-37(32(31)24-52-25(2)48)47-16-15-46-34-8-6-5-7-26(34)18-35(46)39(47)50/h9-12,17-20,28,30H,4-8,13-16,21-24H2,1-3H3,(H,41,42)/t28-/m0/s1. The van der Waals surface area contributed by atoms with Gasteiger partial charge in [-0.15, -0.1) is 0 Å². The van der Waals surface area contributed by atoms with Gasteiger partial charge in [-0.25, -0.2) is 9.97 Å². The Balaban J connectivity index is 1.07. The van der Waals surface area contributed by atoms with Crippen LogP contribution >= 0.6 is 0 Å². The number of rotatable bonds is 9. The number of nitrogens with one attached hydrogen (secondary N) is 1. The van der Waals surface area contributed by atoms with Gasteiger partial charge in [-0.05, 0) is 73.6 Å². The molecule has 0 bridgehead atoms. The highest BCUT2D eigenvalue weighted by molar-refractivity contribution is 6.06. The Hall–Kier alpha value is -5.01. The summed E-state index contributed by atoms with van der Waals surface area (Å²) in [6.45, 7) is 9.19. The highest BCUT2D eigenvalue weighted by atomic mass is 16.5. The summed E-state index contributed by atoms with van der Waals surface area (Å²) in [5.41, 5.74) is 6.40. The SMILES string of the molecule is CC[C@H]1CN(C2COC2)CCN1c1ccc(Nc2cc(-c3ccnc(N4CCn5c(cc6c5CCCC6)C4=O)c3COC(C)=O)cn(C)c2=O)nc1. The molecule has 13 nitrogen and oxygen atoms in total. The number of esters is 1. The van der Waals surface area contributed by atoms with Gasteiger partial charge in [-0.2, -0.15) is 0 Å². The lowest BCUT2D eigenvalue weighted by molar-refractivity contribution is -0.142. The number of piperazine rings is 1. The Morgan fingerprint density at radius 2 is 1.88 bits per heavy atom. The number of hydrogen-bond donors (Lipinski definition) is 1. The van der Waals surface area contributed by atoms with Crippen LogP contribution in [0.4, 0.5) is 23.0 Å². The Labute approximate surface area is 303 Å². The number of pyridine rings is 3. The van der Waals surface area contributed by atoms with Crippen molar-refractivity contribution in [3.63, 3.8) is 0 Å². The second-order valence-electron chi connectivity index (χ2n) is 14.3. The fraction of sp³-hybridized carbons (Fsp3) is 0.462. The van der Waals surface area contributed by atoms with Crippen LogP contribution in [-0.2, 0) is 47.3 Å². The van der Waals surface area contributed by atoms with Crippen LogP contribution in [0, 0.1) is 0 Å². The molecule has 0 aromatic carbocycles. The average Bonchev–Trinajstić information content (AvgIpc) is 3.52. The van der Waals surface area contributed by atoms with Crippen molar-refractivity contribution in [2.45, 2.75) is 71.2 Å². The molecule has 0 unspecified atom stereocenters. The van der Waals surface area contributed by atoms with Crippen molar-refractivity contribution in [2.24, 2.45) is 7.05 Å². The fourth-order valence-corrected chi connectivity index (χ4v) is 8.19. The lowest BCUT2D eigenvalue weighted by Crippen LogP contribution is -2.60. The summed E-state index contributed by atoms with van der Waals surface area (Å²) in [5.74, 6) is 0.440. The molecule has 1 aliphatic carbocycles. The van der Waals surface area contributed by atoms with E-state index in [1.807, 2.05) is 24.4 Å². The minimum atomic E-state index is -0.440. The van der Waals surface area contributed by atoms with Gasteiger partial charge in [0.15, 0.2) is 0 Å². The number of aryl methyl sites for hydroxylation is 2. The highest BCUT2D eigenvalue weighted by Crippen LogP contribution is 2.35. The van der Waals surface area contributed by atoms with Crippen LogP contribution < -0.4 is 20.7 Å². The Morgan fingerprint density at radius 1 is 1.04 bits per heavy atom.